The van der Waals surface area contributed by atoms with Gasteiger partial charge in [0.05, 0.1) is 5.41 Å². The van der Waals surface area contributed by atoms with Crippen molar-refractivity contribution in [1.82, 2.24) is 0 Å². The molecule has 1 unspecified atom stereocenters. The van der Waals surface area contributed by atoms with E-state index < -0.39 is 0 Å². The van der Waals surface area contributed by atoms with Crippen molar-refractivity contribution in [2.45, 2.75) is 17.8 Å². The maximum atomic E-state index is 6.56. The fourth-order valence-electron chi connectivity index (χ4n) is 8.78. The normalized spacial score (nSPS) is 17.2. The fourth-order valence-corrected chi connectivity index (χ4v) is 8.78. The molecule has 1 heterocycles. The van der Waals surface area contributed by atoms with E-state index in [-0.39, 0.29) is 10.8 Å². The first-order chi connectivity index (χ1) is 22.7. The molecule has 0 radical (unpaired) electrons. The van der Waals surface area contributed by atoms with Crippen molar-refractivity contribution >= 4 is 0 Å². The lowest BCUT2D eigenvalue weighted by Crippen LogP contribution is -2.29. The summed E-state index contributed by atoms with van der Waals surface area (Å²) in [5.74, 6) is 1.84. The molecule has 1 nitrogen and oxygen atoms in total. The second-order valence-electron chi connectivity index (χ2n) is 12.9. The van der Waals surface area contributed by atoms with Gasteiger partial charge in [0.1, 0.15) is 11.5 Å². The van der Waals surface area contributed by atoms with Gasteiger partial charge in [0.25, 0.3) is 0 Å². The van der Waals surface area contributed by atoms with Gasteiger partial charge in [0, 0.05) is 16.5 Å². The van der Waals surface area contributed by atoms with Gasteiger partial charge in [-0.05, 0) is 92.4 Å². The van der Waals surface area contributed by atoms with Crippen LogP contribution in [0.3, 0.4) is 0 Å². The maximum Gasteiger partial charge on any atom is 0.131 e. The number of hydrogen-bond donors (Lipinski definition) is 0. The molecule has 216 valence electrons. The second kappa shape index (κ2) is 9.19. The summed E-state index contributed by atoms with van der Waals surface area (Å²) in [5, 5.41) is 0. The molecule has 7 aromatic rings. The summed E-state index contributed by atoms with van der Waals surface area (Å²) in [6, 6.07) is 60.2. The highest BCUT2D eigenvalue weighted by Gasteiger charge is 2.51. The van der Waals surface area contributed by atoms with Crippen LogP contribution in [0.25, 0.3) is 33.4 Å². The van der Waals surface area contributed by atoms with Crippen LogP contribution in [0.15, 0.2) is 164 Å². The van der Waals surface area contributed by atoms with E-state index in [1.165, 1.54) is 72.3 Å². The van der Waals surface area contributed by atoms with Gasteiger partial charge < -0.3 is 4.74 Å². The van der Waals surface area contributed by atoms with Gasteiger partial charge in [-0.25, -0.2) is 0 Å². The lowest BCUT2D eigenvalue weighted by molar-refractivity contribution is 0.427. The van der Waals surface area contributed by atoms with E-state index in [9.17, 15) is 0 Å². The third kappa shape index (κ3) is 3.15. The highest BCUT2D eigenvalue weighted by atomic mass is 16.5. The topological polar surface area (TPSA) is 9.23 Å². The van der Waals surface area contributed by atoms with Crippen molar-refractivity contribution in [2.24, 2.45) is 0 Å². The van der Waals surface area contributed by atoms with Crippen LogP contribution in [0.2, 0.25) is 0 Å². The molecule has 1 atom stereocenters. The Morgan fingerprint density at radius 1 is 0.370 bits per heavy atom. The minimum Gasteiger partial charge on any atom is -0.457 e. The highest BCUT2D eigenvalue weighted by molar-refractivity contribution is 5.96. The van der Waals surface area contributed by atoms with Crippen molar-refractivity contribution in [3.05, 3.63) is 203 Å². The van der Waals surface area contributed by atoms with E-state index in [1.807, 2.05) is 0 Å². The van der Waals surface area contributed by atoms with Gasteiger partial charge in [-0.2, -0.15) is 0 Å². The average molecular weight is 587 g/mol. The fraction of sp³-hybridized carbons (Fsp3) is 0.0667. The van der Waals surface area contributed by atoms with E-state index in [0.29, 0.717) is 0 Å². The van der Waals surface area contributed by atoms with E-state index in [0.717, 1.165) is 11.5 Å². The molecule has 1 aliphatic heterocycles. The molecule has 2 aliphatic carbocycles. The smallest absolute Gasteiger partial charge is 0.131 e. The molecular formula is C45H30O. The van der Waals surface area contributed by atoms with Gasteiger partial charge in [-0.3, -0.25) is 0 Å². The molecule has 1 spiro atoms. The molecule has 0 aromatic heterocycles. The van der Waals surface area contributed by atoms with Crippen LogP contribution in [0.5, 0.6) is 11.5 Å². The number of rotatable bonds is 2. The zero-order valence-corrected chi connectivity index (χ0v) is 25.5. The molecule has 0 N–H and O–H groups in total. The average Bonchev–Trinajstić information content (AvgIpc) is 3.59. The lowest BCUT2D eigenvalue weighted by Gasteiger charge is -2.38. The monoisotopic (exact) mass is 586 g/mol. The molecule has 0 bridgehead atoms. The van der Waals surface area contributed by atoms with Crippen molar-refractivity contribution in [3.63, 3.8) is 0 Å². The standard InChI is InChI=1S/C45H30O/c1-44(31-13-3-2-4-14-31)39-21-11-12-22-42(39)46-43-26-24-30(28-41(43)44)29-23-25-35-34-17-7-10-20-38(34)45(40(35)27-29)36-18-8-5-15-32(36)33-16-6-9-19-37(33)45/h2-28H,1H3. The van der Waals surface area contributed by atoms with E-state index in [4.69, 9.17) is 4.74 Å². The van der Waals surface area contributed by atoms with Crippen LogP contribution in [0, 0.1) is 0 Å². The minimum absolute atomic E-state index is 0.357. The Bertz CT molecular complexity index is 2300. The molecule has 10 rings (SSSR count). The Morgan fingerprint density at radius 3 is 1.46 bits per heavy atom. The third-order valence-corrected chi connectivity index (χ3v) is 10.8. The molecule has 0 fully saturated rings. The predicted octanol–water partition coefficient (Wildman–Crippen LogP) is 11.2. The molecular weight excluding hydrogens is 556 g/mol. The molecule has 1 heteroatoms. The van der Waals surface area contributed by atoms with Crippen molar-refractivity contribution in [2.75, 3.05) is 0 Å². The summed E-state index contributed by atoms with van der Waals surface area (Å²) < 4.78 is 6.56. The van der Waals surface area contributed by atoms with E-state index >= 15 is 0 Å². The summed E-state index contributed by atoms with van der Waals surface area (Å²) in [7, 11) is 0. The largest absolute Gasteiger partial charge is 0.457 e. The molecule has 46 heavy (non-hydrogen) atoms. The van der Waals surface area contributed by atoms with Crippen molar-refractivity contribution in [3.8, 4) is 44.9 Å². The first-order valence-corrected chi connectivity index (χ1v) is 16.1. The number of ether oxygens (including phenoxy) is 1. The number of benzene rings is 7. The van der Waals surface area contributed by atoms with Crippen LogP contribution < -0.4 is 4.74 Å². The second-order valence-corrected chi connectivity index (χ2v) is 12.9. The summed E-state index contributed by atoms with van der Waals surface area (Å²) in [5.41, 5.74) is 16.1. The van der Waals surface area contributed by atoms with Crippen LogP contribution in [0.4, 0.5) is 0 Å². The van der Waals surface area contributed by atoms with Crippen LogP contribution in [-0.4, -0.2) is 0 Å². The van der Waals surface area contributed by atoms with Crippen molar-refractivity contribution < 1.29 is 4.74 Å². The molecule has 0 amide bonds. The lowest BCUT2D eigenvalue weighted by atomic mass is 9.68. The van der Waals surface area contributed by atoms with E-state index in [2.05, 4.69) is 171 Å². The third-order valence-electron chi connectivity index (χ3n) is 10.8. The Hall–Kier alpha value is -5.66. The molecule has 3 aliphatic rings. The van der Waals surface area contributed by atoms with E-state index in [1.54, 1.807) is 0 Å². The Morgan fingerprint density at radius 2 is 0.826 bits per heavy atom. The van der Waals surface area contributed by atoms with Gasteiger partial charge in [-0.1, -0.05) is 140 Å². The van der Waals surface area contributed by atoms with Crippen LogP contribution in [0.1, 0.15) is 45.9 Å². The molecule has 0 saturated heterocycles. The quantitative estimate of drug-likeness (QED) is 0.196. The van der Waals surface area contributed by atoms with Gasteiger partial charge >= 0.3 is 0 Å². The minimum atomic E-state index is -0.362. The van der Waals surface area contributed by atoms with Crippen LogP contribution in [-0.2, 0) is 10.8 Å². The summed E-state index contributed by atoms with van der Waals surface area (Å²) in [6.45, 7) is 2.34. The van der Waals surface area contributed by atoms with Crippen LogP contribution >= 0.6 is 0 Å². The summed E-state index contributed by atoms with van der Waals surface area (Å²) >= 11 is 0. The van der Waals surface area contributed by atoms with Gasteiger partial charge in [-0.15, -0.1) is 0 Å². The number of para-hydroxylation sites is 1. The number of fused-ring (bicyclic) bond motifs is 12. The first kappa shape index (κ1) is 25.6. The Balaban J connectivity index is 1.22. The summed E-state index contributed by atoms with van der Waals surface area (Å²) in [4.78, 5) is 0. The zero-order valence-electron chi connectivity index (χ0n) is 25.5. The highest BCUT2D eigenvalue weighted by Crippen LogP contribution is 2.63. The zero-order chi connectivity index (χ0) is 30.5. The Kier molecular flexibility index (Phi) is 5.12. The predicted molar refractivity (Wildman–Crippen MR) is 187 cm³/mol. The molecule has 0 saturated carbocycles. The van der Waals surface area contributed by atoms with Crippen molar-refractivity contribution in [1.29, 1.82) is 0 Å². The Labute approximate surface area is 269 Å². The van der Waals surface area contributed by atoms with Gasteiger partial charge in [0.2, 0.25) is 0 Å². The summed E-state index contributed by atoms with van der Waals surface area (Å²) in [6.07, 6.45) is 0. The van der Waals surface area contributed by atoms with Gasteiger partial charge in [0.15, 0.2) is 0 Å². The maximum absolute atomic E-state index is 6.56. The number of hydrogen-bond acceptors (Lipinski definition) is 1. The molecule has 7 aromatic carbocycles. The SMILES string of the molecule is CC1(c2ccccc2)c2ccccc2Oc2ccc(-c3ccc4c(c3)C3(c5ccccc5-c5ccccc53)c3ccccc3-4)cc21. The first-order valence-electron chi connectivity index (χ1n) is 16.1.